The van der Waals surface area contributed by atoms with E-state index in [0.29, 0.717) is 29.9 Å². The zero-order valence-electron chi connectivity index (χ0n) is 11.1. The second-order valence-electron chi connectivity index (χ2n) is 3.78. The fourth-order valence-corrected chi connectivity index (χ4v) is 3.16. The second kappa shape index (κ2) is 7.84. The minimum Gasteiger partial charge on any atom is -0.493 e. The third kappa shape index (κ3) is 5.10. The molecule has 1 rings (SSSR count). The van der Waals surface area contributed by atoms with Crippen molar-refractivity contribution >= 4 is 26.0 Å². The van der Waals surface area contributed by atoms with Crippen molar-refractivity contribution < 1.29 is 13.2 Å². The van der Waals surface area contributed by atoms with Crippen LogP contribution >= 0.6 is 15.9 Å². The standard InChI is InChI=1S/C12H19BrN2O3S/c1-3-14-7-8-15-19(16,17)10-5-6-12(18-4-2)11(13)9-10/h5-6,9,14-15H,3-4,7-8H2,1-2H3. The van der Waals surface area contributed by atoms with Gasteiger partial charge in [0.05, 0.1) is 16.0 Å². The smallest absolute Gasteiger partial charge is 0.240 e. The monoisotopic (exact) mass is 350 g/mol. The van der Waals surface area contributed by atoms with E-state index in [9.17, 15) is 8.42 Å². The Bertz CT molecular complexity index is 506. The first-order valence-corrected chi connectivity index (χ1v) is 8.41. The highest BCUT2D eigenvalue weighted by molar-refractivity contribution is 9.10. The summed E-state index contributed by atoms with van der Waals surface area (Å²) in [5, 5.41) is 3.05. The van der Waals surface area contributed by atoms with Gasteiger partial charge in [0.25, 0.3) is 0 Å². The summed E-state index contributed by atoms with van der Waals surface area (Å²) in [7, 11) is -3.47. The summed E-state index contributed by atoms with van der Waals surface area (Å²) >= 11 is 3.30. The van der Waals surface area contributed by atoms with E-state index in [4.69, 9.17) is 4.74 Å². The highest BCUT2D eigenvalue weighted by Crippen LogP contribution is 2.27. The van der Waals surface area contributed by atoms with Gasteiger partial charge in [0.2, 0.25) is 10.0 Å². The third-order valence-electron chi connectivity index (χ3n) is 2.36. The molecule has 108 valence electrons. The third-order valence-corrected chi connectivity index (χ3v) is 4.44. The van der Waals surface area contributed by atoms with Gasteiger partial charge in [-0.05, 0) is 47.6 Å². The molecule has 5 nitrogen and oxygen atoms in total. The molecule has 0 aliphatic rings. The summed E-state index contributed by atoms with van der Waals surface area (Å²) in [6.45, 7) is 6.16. The van der Waals surface area contributed by atoms with E-state index in [0.717, 1.165) is 6.54 Å². The molecule has 0 saturated heterocycles. The van der Waals surface area contributed by atoms with Gasteiger partial charge in [-0.15, -0.1) is 0 Å². The normalized spacial score (nSPS) is 11.5. The molecule has 0 aromatic heterocycles. The number of hydrogen-bond donors (Lipinski definition) is 2. The maximum atomic E-state index is 12.0. The Hall–Kier alpha value is -0.630. The van der Waals surface area contributed by atoms with Crippen LogP contribution in [-0.2, 0) is 10.0 Å². The molecule has 0 heterocycles. The molecule has 0 fully saturated rings. The topological polar surface area (TPSA) is 67.4 Å². The quantitative estimate of drug-likeness (QED) is 0.700. The van der Waals surface area contributed by atoms with Crippen molar-refractivity contribution in [3.05, 3.63) is 22.7 Å². The SMILES string of the molecule is CCNCCNS(=O)(=O)c1ccc(OCC)c(Br)c1. The first-order chi connectivity index (χ1) is 9.01. The van der Waals surface area contributed by atoms with Crippen LogP contribution in [0.5, 0.6) is 5.75 Å². The van der Waals surface area contributed by atoms with Crippen LogP contribution in [0.25, 0.3) is 0 Å². The van der Waals surface area contributed by atoms with Gasteiger partial charge in [-0.1, -0.05) is 6.92 Å². The van der Waals surface area contributed by atoms with Gasteiger partial charge >= 0.3 is 0 Å². The summed E-state index contributed by atoms with van der Waals surface area (Å²) < 4.78 is 32.5. The molecule has 19 heavy (non-hydrogen) atoms. The van der Waals surface area contributed by atoms with Crippen LogP contribution in [0.2, 0.25) is 0 Å². The van der Waals surface area contributed by atoms with Gasteiger partial charge in [0, 0.05) is 13.1 Å². The number of benzene rings is 1. The highest BCUT2D eigenvalue weighted by atomic mass is 79.9. The summed E-state index contributed by atoms with van der Waals surface area (Å²) in [6, 6.07) is 4.72. The lowest BCUT2D eigenvalue weighted by atomic mass is 10.3. The first kappa shape index (κ1) is 16.4. The number of rotatable bonds is 8. The average Bonchev–Trinajstić information content (AvgIpc) is 2.37. The van der Waals surface area contributed by atoms with Crippen molar-refractivity contribution in [1.29, 1.82) is 0 Å². The maximum absolute atomic E-state index is 12.0. The Balaban J connectivity index is 2.75. The van der Waals surface area contributed by atoms with Gasteiger partial charge in [-0.3, -0.25) is 0 Å². The minimum absolute atomic E-state index is 0.222. The number of nitrogens with one attached hydrogen (secondary N) is 2. The molecule has 0 bridgehead atoms. The summed E-state index contributed by atoms with van der Waals surface area (Å²) in [6.07, 6.45) is 0. The molecular formula is C12H19BrN2O3S. The van der Waals surface area contributed by atoms with Crippen molar-refractivity contribution in [3.8, 4) is 5.75 Å². The summed E-state index contributed by atoms with van der Waals surface area (Å²) in [4.78, 5) is 0.222. The van der Waals surface area contributed by atoms with Gasteiger partial charge in [0.1, 0.15) is 5.75 Å². The van der Waals surface area contributed by atoms with E-state index < -0.39 is 10.0 Å². The molecule has 0 atom stereocenters. The first-order valence-electron chi connectivity index (χ1n) is 6.14. The van der Waals surface area contributed by atoms with E-state index in [2.05, 4.69) is 26.0 Å². The van der Waals surface area contributed by atoms with E-state index in [1.54, 1.807) is 12.1 Å². The predicted molar refractivity (Wildman–Crippen MR) is 79.0 cm³/mol. The van der Waals surface area contributed by atoms with Crippen LogP contribution in [0.15, 0.2) is 27.6 Å². The molecule has 1 aromatic rings. The Morgan fingerprint density at radius 3 is 2.58 bits per heavy atom. The summed E-state index contributed by atoms with van der Waals surface area (Å²) in [5.41, 5.74) is 0. The molecule has 2 N–H and O–H groups in total. The molecule has 0 radical (unpaired) electrons. The van der Waals surface area contributed by atoms with Gasteiger partial charge in [0.15, 0.2) is 0 Å². The average molecular weight is 351 g/mol. The van der Waals surface area contributed by atoms with Crippen molar-refractivity contribution in [2.75, 3.05) is 26.2 Å². The van der Waals surface area contributed by atoms with Crippen molar-refractivity contribution in [3.63, 3.8) is 0 Å². The van der Waals surface area contributed by atoms with Crippen LogP contribution in [-0.4, -0.2) is 34.7 Å². The molecule has 0 aliphatic heterocycles. The lowest BCUT2D eigenvalue weighted by molar-refractivity contribution is 0.338. The van der Waals surface area contributed by atoms with E-state index >= 15 is 0 Å². The van der Waals surface area contributed by atoms with Crippen LogP contribution in [0.1, 0.15) is 13.8 Å². The van der Waals surface area contributed by atoms with Gasteiger partial charge in [-0.2, -0.15) is 0 Å². The number of ether oxygens (including phenoxy) is 1. The fraction of sp³-hybridized carbons (Fsp3) is 0.500. The molecule has 0 unspecified atom stereocenters. The highest BCUT2D eigenvalue weighted by Gasteiger charge is 2.15. The van der Waals surface area contributed by atoms with E-state index in [1.165, 1.54) is 6.07 Å². The van der Waals surface area contributed by atoms with Crippen molar-refractivity contribution in [2.24, 2.45) is 0 Å². The zero-order chi connectivity index (χ0) is 14.3. The Labute approximate surface area is 122 Å². The van der Waals surface area contributed by atoms with E-state index in [1.807, 2.05) is 13.8 Å². The second-order valence-corrected chi connectivity index (χ2v) is 6.40. The van der Waals surface area contributed by atoms with Crippen molar-refractivity contribution in [2.45, 2.75) is 18.7 Å². The van der Waals surface area contributed by atoms with Gasteiger partial charge < -0.3 is 10.1 Å². The predicted octanol–water partition coefficient (Wildman–Crippen LogP) is 1.74. The van der Waals surface area contributed by atoms with Crippen molar-refractivity contribution in [1.82, 2.24) is 10.0 Å². The van der Waals surface area contributed by atoms with Gasteiger partial charge in [-0.25, -0.2) is 13.1 Å². The molecule has 1 aromatic carbocycles. The molecule has 0 aliphatic carbocycles. The van der Waals surface area contributed by atoms with Crippen LogP contribution in [0, 0.1) is 0 Å². The summed E-state index contributed by atoms with van der Waals surface area (Å²) in [5.74, 6) is 0.633. The minimum atomic E-state index is -3.47. The molecule has 0 saturated carbocycles. The van der Waals surface area contributed by atoms with Crippen LogP contribution < -0.4 is 14.8 Å². The largest absolute Gasteiger partial charge is 0.493 e. The molecular weight excluding hydrogens is 332 g/mol. The Morgan fingerprint density at radius 1 is 1.26 bits per heavy atom. The number of likely N-dealkylation sites (N-methyl/N-ethyl adjacent to an activating group) is 1. The molecule has 0 amide bonds. The lowest BCUT2D eigenvalue weighted by Crippen LogP contribution is -2.31. The lowest BCUT2D eigenvalue weighted by Gasteiger charge is -2.10. The molecule has 7 heteroatoms. The number of hydrogen-bond acceptors (Lipinski definition) is 4. The Morgan fingerprint density at radius 2 is 2.00 bits per heavy atom. The number of halogens is 1. The zero-order valence-corrected chi connectivity index (χ0v) is 13.5. The molecule has 0 spiro atoms. The van der Waals surface area contributed by atoms with Crippen LogP contribution in [0.3, 0.4) is 0 Å². The van der Waals surface area contributed by atoms with E-state index in [-0.39, 0.29) is 4.90 Å². The Kier molecular flexibility index (Phi) is 6.78. The maximum Gasteiger partial charge on any atom is 0.240 e. The fourth-order valence-electron chi connectivity index (χ4n) is 1.46. The number of sulfonamides is 1. The van der Waals surface area contributed by atoms with Crippen LogP contribution in [0.4, 0.5) is 0 Å².